The van der Waals surface area contributed by atoms with E-state index >= 15 is 0 Å². The number of carbonyl (C=O) groups excluding carboxylic acids is 2. The van der Waals surface area contributed by atoms with Crippen molar-refractivity contribution in [2.75, 3.05) is 6.54 Å². The highest BCUT2D eigenvalue weighted by atomic mass is 32.1. The molecule has 0 radical (unpaired) electrons. The van der Waals surface area contributed by atoms with E-state index in [1.807, 2.05) is 20.8 Å². The third kappa shape index (κ3) is 3.13. The van der Waals surface area contributed by atoms with E-state index in [-0.39, 0.29) is 24.2 Å². The molecule has 0 aliphatic rings. The minimum Gasteiger partial charge on any atom is -0.344 e. The Labute approximate surface area is 99.1 Å². The van der Waals surface area contributed by atoms with Crippen molar-refractivity contribution in [3.63, 3.8) is 0 Å². The molecule has 1 heterocycles. The van der Waals surface area contributed by atoms with E-state index in [1.54, 1.807) is 6.92 Å². The van der Waals surface area contributed by atoms with Crippen molar-refractivity contribution in [1.29, 1.82) is 0 Å². The Morgan fingerprint density at radius 1 is 1.38 bits per heavy atom. The number of rotatable bonds is 4. The van der Waals surface area contributed by atoms with Gasteiger partial charge in [-0.1, -0.05) is 13.8 Å². The first-order valence-electron chi connectivity index (χ1n) is 5.16. The summed E-state index contributed by atoms with van der Waals surface area (Å²) in [6.45, 7) is 7.37. The zero-order valence-corrected chi connectivity index (χ0v) is 10.8. The number of nitrogens with one attached hydrogen (secondary N) is 1. The maximum absolute atomic E-state index is 11.7. The average molecular weight is 240 g/mol. The molecular formula is C11H16N2O2S. The highest BCUT2D eigenvalue weighted by molar-refractivity contribution is 7.13. The van der Waals surface area contributed by atoms with Crippen molar-refractivity contribution in [1.82, 2.24) is 10.3 Å². The summed E-state index contributed by atoms with van der Waals surface area (Å²) in [5.74, 6) is -0.228. The topological polar surface area (TPSA) is 59.1 Å². The average Bonchev–Trinajstić information content (AvgIpc) is 2.53. The molecule has 0 bridgehead atoms. The standard InChI is InChI=1S/C11H16N2O2S/c1-6(2)9(14)5-12-11(15)10-7(3)13-8(4)16-10/h6H,5H2,1-4H3,(H,12,15). The number of amides is 1. The summed E-state index contributed by atoms with van der Waals surface area (Å²) in [7, 11) is 0. The molecule has 0 fully saturated rings. The number of hydrogen-bond acceptors (Lipinski definition) is 4. The molecule has 1 aromatic heterocycles. The Balaban J connectivity index is 2.60. The molecule has 16 heavy (non-hydrogen) atoms. The van der Waals surface area contributed by atoms with E-state index in [2.05, 4.69) is 10.3 Å². The minimum absolute atomic E-state index is 0.0345. The lowest BCUT2D eigenvalue weighted by molar-refractivity contribution is -0.120. The molecule has 4 nitrogen and oxygen atoms in total. The summed E-state index contributed by atoms with van der Waals surface area (Å²) < 4.78 is 0. The van der Waals surface area contributed by atoms with Crippen LogP contribution in [0.25, 0.3) is 0 Å². The zero-order valence-electron chi connectivity index (χ0n) is 9.96. The summed E-state index contributed by atoms with van der Waals surface area (Å²) in [4.78, 5) is 27.8. The highest BCUT2D eigenvalue weighted by Gasteiger charge is 2.15. The zero-order chi connectivity index (χ0) is 12.3. The normalized spacial score (nSPS) is 10.6. The summed E-state index contributed by atoms with van der Waals surface area (Å²) >= 11 is 1.35. The van der Waals surface area contributed by atoms with Crippen molar-refractivity contribution >= 4 is 23.0 Å². The van der Waals surface area contributed by atoms with E-state index in [1.165, 1.54) is 11.3 Å². The highest BCUT2D eigenvalue weighted by Crippen LogP contribution is 2.16. The van der Waals surface area contributed by atoms with Gasteiger partial charge in [0.05, 0.1) is 17.2 Å². The Morgan fingerprint density at radius 3 is 2.44 bits per heavy atom. The van der Waals surface area contributed by atoms with Crippen molar-refractivity contribution < 1.29 is 9.59 Å². The number of hydrogen-bond donors (Lipinski definition) is 1. The van der Waals surface area contributed by atoms with Crippen LogP contribution in [0.4, 0.5) is 0 Å². The molecule has 1 N–H and O–H groups in total. The van der Waals surface area contributed by atoms with E-state index in [0.29, 0.717) is 4.88 Å². The van der Waals surface area contributed by atoms with Gasteiger partial charge < -0.3 is 5.32 Å². The quantitative estimate of drug-likeness (QED) is 0.871. The molecule has 0 spiro atoms. The Morgan fingerprint density at radius 2 is 2.00 bits per heavy atom. The smallest absolute Gasteiger partial charge is 0.263 e. The second-order valence-corrected chi connectivity index (χ2v) is 5.15. The van der Waals surface area contributed by atoms with Gasteiger partial charge in [0, 0.05) is 5.92 Å². The Hall–Kier alpha value is -1.23. The largest absolute Gasteiger partial charge is 0.344 e. The van der Waals surface area contributed by atoms with Gasteiger partial charge in [-0.15, -0.1) is 11.3 Å². The van der Waals surface area contributed by atoms with Crippen LogP contribution in [0.15, 0.2) is 0 Å². The third-order valence-electron chi connectivity index (χ3n) is 2.18. The van der Waals surface area contributed by atoms with E-state index < -0.39 is 0 Å². The summed E-state index contributed by atoms with van der Waals surface area (Å²) in [6, 6.07) is 0. The number of carbonyl (C=O) groups is 2. The predicted molar refractivity (Wildman–Crippen MR) is 63.8 cm³/mol. The van der Waals surface area contributed by atoms with Crippen molar-refractivity contribution in [2.45, 2.75) is 27.7 Å². The number of Topliss-reactive ketones (excluding diaryl/α,β-unsaturated/α-hetero) is 1. The number of thiazole rings is 1. The van der Waals surface area contributed by atoms with Crippen LogP contribution in [0.3, 0.4) is 0 Å². The first-order valence-corrected chi connectivity index (χ1v) is 5.98. The van der Waals surface area contributed by atoms with E-state index in [9.17, 15) is 9.59 Å². The number of nitrogens with zero attached hydrogens (tertiary/aromatic N) is 1. The lowest BCUT2D eigenvalue weighted by Gasteiger charge is -2.05. The third-order valence-corrected chi connectivity index (χ3v) is 3.25. The van der Waals surface area contributed by atoms with Gasteiger partial charge in [-0.2, -0.15) is 0 Å². The Kier molecular flexibility index (Phi) is 4.18. The maximum atomic E-state index is 11.7. The molecule has 0 saturated heterocycles. The minimum atomic E-state index is -0.211. The van der Waals surface area contributed by atoms with Crippen molar-refractivity contribution in [3.05, 3.63) is 15.6 Å². The molecule has 88 valence electrons. The van der Waals surface area contributed by atoms with Gasteiger partial charge in [-0.3, -0.25) is 9.59 Å². The lowest BCUT2D eigenvalue weighted by atomic mass is 10.1. The number of aromatic nitrogens is 1. The van der Waals surface area contributed by atoms with Crippen molar-refractivity contribution in [3.8, 4) is 0 Å². The van der Waals surface area contributed by atoms with Gasteiger partial charge in [-0.25, -0.2) is 4.98 Å². The monoisotopic (exact) mass is 240 g/mol. The van der Waals surface area contributed by atoms with Crippen LogP contribution >= 0.6 is 11.3 Å². The van der Waals surface area contributed by atoms with Gasteiger partial charge in [0.2, 0.25) is 0 Å². The van der Waals surface area contributed by atoms with E-state index in [0.717, 1.165) is 10.7 Å². The molecule has 0 saturated carbocycles. The van der Waals surface area contributed by atoms with Crippen LogP contribution in [0, 0.1) is 19.8 Å². The predicted octanol–water partition coefficient (Wildman–Crippen LogP) is 1.71. The molecule has 0 atom stereocenters. The number of aryl methyl sites for hydroxylation is 2. The summed E-state index contributed by atoms with van der Waals surface area (Å²) in [5, 5.41) is 3.48. The molecule has 0 aliphatic heterocycles. The molecule has 1 amide bonds. The lowest BCUT2D eigenvalue weighted by Crippen LogP contribution is -2.31. The van der Waals surface area contributed by atoms with Crippen LogP contribution in [0.1, 0.15) is 34.2 Å². The van der Waals surface area contributed by atoms with Gasteiger partial charge in [0.15, 0.2) is 5.78 Å². The molecule has 0 unspecified atom stereocenters. The first-order chi connectivity index (χ1) is 7.41. The van der Waals surface area contributed by atoms with Crippen LogP contribution in [0.2, 0.25) is 0 Å². The van der Waals surface area contributed by atoms with Crippen LogP contribution < -0.4 is 5.32 Å². The fourth-order valence-electron chi connectivity index (χ4n) is 1.19. The van der Waals surface area contributed by atoms with Gasteiger partial charge in [0.25, 0.3) is 5.91 Å². The van der Waals surface area contributed by atoms with Gasteiger partial charge in [-0.05, 0) is 13.8 Å². The fourth-order valence-corrected chi connectivity index (χ4v) is 2.03. The summed E-state index contributed by atoms with van der Waals surface area (Å²) in [6.07, 6.45) is 0. The van der Waals surface area contributed by atoms with Crippen LogP contribution in [-0.4, -0.2) is 23.2 Å². The van der Waals surface area contributed by atoms with Crippen molar-refractivity contribution in [2.24, 2.45) is 5.92 Å². The SMILES string of the molecule is Cc1nc(C)c(C(=O)NCC(=O)C(C)C)s1. The second-order valence-electron chi connectivity index (χ2n) is 3.95. The molecule has 0 aliphatic carbocycles. The molecule has 1 rings (SSSR count). The first kappa shape index (κ1) is 12.8. The van der Waals surface area contributed by atoms with Gasteiger partial charge in [0.1, 0.15) is 4.88 Å². The maximum Gasteiger partial charge on any atom is 0.263 e. The molecule has 0 aromatic carbocycles. The van der Waals surface area contributed by atoms with E-state index in [4.69, 9.17) is 0 Å². The Bertz CT molecular complexity index is 410. The second kappa shape index (κ2) is 5.21. The number of ketones is 1. The van der Waals surface area contributed by atoms with Crippen LogP contribution in [-0.2, 0) is 4.79 Å². The van der Waals surface area contributed by atoms with Crippen LogP contribution in [0.5, 0.6) is 0 Å². The molecule has 1 aromatic rings. The molecule has 5 heteroatoms. The van der Waals surface area contributed by atoms with Gasteiger partial charge >= 0.3 is 0 Å². The summed E-state index contributed by atoms with van der Waals surface area (Å²) in [5.41, 5.74) is 0.719. The fraction of sp³-hybridized carbons (Fsp3) is 0.545. The molecular weight excluding hydrogens is 224 g/mol.